The number of hydrogen-bond acceptors (Lipinski definition) is 4. The molecule has 2 aliphatic carbocycles. The van der Waals surface area contributed by atoms with Gasteiger partial charge in [-0.15, -0.1) is 0 Å². The largest absolute Gasteiger partial charge is 0.497 e. The second-order valence-electron chi connectivity index (χ2n) is 9.36. The number of carbonyl (C=O) groups excluding carboxylic acids is 1. The van der Waals surface area contributed by atoms with Crippen LogP contribution >= 0.6 is 0 Å². The van der Waals surface area contributed by atoms with Gasteiger partial charge in [0.2, 0.25) is 0 Å². The number of H-pyrrole nitrogens is 1. The SMILES string of the molecule is COc1cccc(-c2[nH]ncc2C(=O)NC2[C@@H]3CC[C@H]2CN(CC2CC=CCC2)C3)c1. The predicted molar refractivity (Wildman–Crippen MR) is 121 cm³/mol. The number of ether oxygens (including phenoxy) is 1. The molecule has 2 bridgehead atoms. The van der Waals surface area contributed by atoms with Crippen LogP contribution in [0.4, 0.5) is 0 Å². The van der Waals surface area contributed by atoms with Crippen LogP contribution in [0.1, 0.15) is 42.5 Å². The average molecular weight is 421 g/mol. The number of amides is 1. The van der Waals surface area contributed by atoms with Gasteiger partial charge in [-0.3, -0.25) is 9.89 Å². The number of nitrogens with zero attached hydrogens (tertiary/aromatic N) is 2. The number of benzene rings is 1. The van der Waals surface area contributed by atoms with Crippen molar-refractivity contribution in [3.05, 3.63) is 48.2 Å². The van der Waals surface area contributed by atoms with E-state index >= 15 is 0 Å². The molecule has 1 aliphatic heterocycles. The molecular weight excluding hydrogens is 388 g/mol. The first-order chi connectivity index (χ1) is 15.2. The maximum absolute atomic E-state index is 13.2. The van der Waals surface area contributed by atoms with Gasteiger partial charge in [-0.1, -0.05) is 24.3 Å². The van der Waals surface area contributed by atoms with Crippen molar-refractivity contribution in [3.8, 4) is 17.0 Å². The van der Waals surface area contributed by atoms with E-state index in [0.29, 0.717) is 17.4 Å². The van der Waals surface area contributed by atoms with E-state index < -0.39 is 0 Å². The summed E-state index contributed by atoms with van der Waals surface area (Å²) in [7, 11) is 1.65. The molecule has 1 aromatic heterocycles. The molecule has 2 aromatic rings. The van der Waals surface area contributed by atoms with Crippen LogP contribution in [0.25, 0.3) is 11.3 Å². The number of carbonyl (C=O) groups is 1. The molecule has 1 saturated heterocycles. The summed E-state index contributed by atoms with van der Waals surface area (Å²) < 4.78 is 5.33. The van der Waals surface area contributed by atoms with E-state index in [0.717, 1.165) is 36.0 Å². The van der Waals surface area contributed by atoms with Gasteiger partial charge in [-0.2, -0.15) is 5.10 Å². The molecule has 5 rings (SSSR count). The fraction of sp³-hybridized carbons (Fsp3) is 0.520. The number of fused-ring (bicyclic) bond motifs is 2. The molecule has 1 saturated carbocycles. The highest BCUT2D eigenvalue weighted by Gasteiger charge is 2.43. The summed E-state index contributed by atoms with van der Waals surface area (Å²) in [5, 5.41) is 10.5. The summed E-state index contributed by atoms with van der Waals surface area (Å²) in [5.41, 5.74) is 2.25. The maximum atomic E-state index is 13.2. The molecule has 0 radical (unpaired) electrons. The highest BCUT2D eigenvalue weighted by Crippen LogP contribution is 2.38. The fourth-order valence-corrected chi connectivity index (χ4v) is 5.78. The van der Waals surface area contributed by atoms with E-state index in [1.54, 1.807) is 13.3 Å². The quantitative estimate of drug-likeness (QED) is 0.696. The van der Waals surface area contributed by atoms with Crippen LogP contribution in [-0.4, -0.2) is 53.8 Å². The summed E-state index contributed by atoms with van der Waals surface area (Å²) in [4.78, 5) is 15.9. The molecule has 4 atom stereocenters. The van der Waals surface area contributed by atoms with Crippen LogP contribution in [0.2, 0.25) is 0 Å². The first-order valence-electron chi connectivity index (χ1n) is 11.6. The van der Waals surface area contributed by atoms with Gasteiger partial charge in [-0.25, -0.2) is 0 Å². The molecule has 6 nitrogen and oxygen atoms in total. The molecule has 3 aliphatic rings. The minimum atomic E-state index is -0.0284. The molecule has 2 fully saturated rings. The highest BCUT2D eigenvalue weighted by atomic mass is 16.5. The van der Waals surface area contributed by atoms with E-state index in [1.807, 2.05) is 24.3 Å². The van der Waals surface area contributed by atoms with Crippen molar-refractivity contribution < 1.29 is 9.53 Å². The van der Waals surface area contributed by atoms with Crippen molar-refractivity contribution in [2.24, 2.45) is 17.8 Å². The summed E-state index contributed by atoms with van der Waals surface area (Å²) in [6.45, 7) is 3.42. The van der Waals surface area contributed by atoms with Gasteiger partial charge in [-0.05, 0) is 62.0 Å². The Kier molecular flexibility index (Phi) is 5.81. The molecule has 31 heavy (non-hydrogen) atoms. The van der Waals surface area contributed by atoms with Gasteiger partial charge < -0.3 is 15.0 Å². The monoisotopic (exact) mass is 420 g/mol. The van der Waals surface area contributed by atoms with Gasteiger partial charge in [0.1, 0.15) is 5.75 Å². The fourth-order valence-electron chi connectivity index (χ4n) is 5.78. The van der Waals surface area contributed by atoms with Gasteiger partial charge in [0.25, 0.3) is 5.91 Å². The number of aromatic nitrogens is 2. The Labute approximate surface area is 184 Å². The molecule has 2 N–H and O–H groups in total. The topological polar surface area (TPSA) is 70.2 Å². The first-order valence-corrected chi connectivity index (χ1v) is 11.6. The molecule has 2 heterocycles. The molecule has 6 heteroatoms. The Morgan fingerprint density at radius 1 is 1.23 bits per heavy atom. The smallest absolute Gasteiger partial charge is 0.255 e. The van der Waals surface area contributed by atoms with Crippen molar-refractivity contribution in [3.63, 3.8) is 0 Å². The van der Waals surface area contributed by atoms with Crippen LogP contribution in [-0.2, 0) is 0 Å². The van der Waals surface area contributed by atoms with Crippen LogP contribution in [0.15, 0.2) is 42.6 Å². The zero-order chi connectivity index (χ0) is 21.2. The standard InChI is InChI=1S/C25H32N4O2/c1-31-21-9-5-8-18(12-21)24-22(13-26-28-24)25(30)27-23-19-10-11-20(23)16-29(15-19)14-17-6-3-2-4-7-17/h2-3,5,8-9,12-13,17,19-20,23H,4,6-7,10-11,14-16H2,1H3,(H,26,28)(H,27,30)/t17?,19-,20+,23?. The number of methoxy groups -OCH3 is 1. The number of likely N-dealkylation sites (tertiary alicyclic amines) is 1. The van der Waals surface area contributed by atoms with Crippen LogP contribution in [0.3, 0.4) is 0 Å². The second kappa shape index (κ2) is 8.87. The minimum Gasteiger partial charge on any atom is -0.497 e. The predicted octanol–water partition coefficient (Wildman–Crippen LogP) is 3.88. The molecule has 0 spiro atoms. The Balaban J connectivity index is 1.25. The van der Waals surface area contributed by atoms with Gasteiger partial charge >= 0.3 is 0 Å². The summed E-state index contributed by atoms with van der Waals surface area (Å²) in [5.74, 6) is 2.63. The van der Waals surface area contributed by atoms with E-state index in [-0.39, 0.29) is 11.9 Å². The minimum absolute atomic E-state index is 0.0284. The Bertz CT molecular complexity index is 939. The van der Waals surface area contributed by atoms with E-state index in [2.05, 4.69) is 32.6 Å². The number of allylic oxidation sites excluding steroid dienone is 2. The van der Waals surface area contributed by atoms with Crippen molar-refractivity contribution >= 4 is 5.91 Å². The number of nitrogens with one attached hydrogen (secondary N) is 2. The average Bonchev–Trinajstić information content (AvgIpc) is 3.37. The van der Waals surface area contributed by atoms with E-state index in [1.165, 1.54) is 38.6 Å². The maximum Gasteiger partial charge on any atom is 0.255 e. The molecule has 1 amide bonds. The Morgan fingerprint density at radius 3 is 2.81 bits per heavy atom. The van der Waals surface area contributed by atoms with Crippen LogP contribution in [0, 0.1) is 17.8 Å². The number of piperidine rings is 1. The van der Waals surface area contributed by atoms with Crippen LogP contribution < -0.4 is 10.1 Å². The summed E-state index contributed by atoms with van der Waals surface area (Å²) in [6.07, 6.45) is 12.5. The first kappa shape index (κ1) is 20.3. The van der Waals surface area contributed by atoms with Crippen molar-refractivity contribution in [1.82, 2.24) is 20.4 Å². The number of aromatic amines is 1. The Hall–Kier alpha value is -2.60. The van der Waals surface area contributed by atoms with Gasteiger partial charge in [0, 0.05) is 31.2 Å². The molecule has 164 valence electrons. The van der Waals surface area contributed by atoms with Gasteiger partial charge in [0.15, 0.2) is 0 Å². The van der Waals surface area contributed by atoms with Crippen LogP contribution in [0.5, 0.6) is 5.75 Å². The van der Waals surface area contributed by atoms with E-state index in [9.17, 15) is 4.79 Å². The highest BCUT2D eigenvalue weighted by molar-refractivity contribution is 6.00. The number of hydrogen-bond donors (Lipinski definition) is 2. The number of rotatable bonds is 6. The summed E-state index contributed by atoms with van der Waals surface area (Å²) in [6, 6.07) is 7.98. The normalized spacial score (nSPS) is 27.9. The molecular formula is C25H32N4O2. The zero-order valence-electron chi connectivity index (χ0n) is 18.2. The zero-order valence-corrected chi connectivity index (χ0v) is 18.2. The Morgan fingerprint density at radius 2 is 2.06 bits per heavy atom. The third-order valence-corrected chi connectivity index (χ3v) is 7.34. The molecule has 1 aromatic carbocycles. The third-order valence-electron chi connectivity index (χ3n) is 7.34. The lowest BCUT2D eigenvalue weighted by molar-refractivity contribution is 0.0804. The second-order valence-corrected chi connectivity index (χ2v) is 9.36. The van der Waals surface area contributed by atoms with Crippen molar-refractivity contribution in [2.45, 2.75) is 38.1 Å². The van der Waals surface area contributed by atoms with Crippen molar-refractivity contribution in [1.29, 1.82) is 0 Å². The summed E-state index contributed by atoms with van der Waals surface area (Å²) >= 11 is 0. The lowest BCUT2D eigenvalue weighted by Crippen LogP contribution is -2.53. The molecule has 2 unspecified atom stereocenters. The lowest BCUT2D eigenvalue weighted by Gasteiger charge is -2.40. The van der Waals surface area contributed by atoms with E-state index in [4.69, 9.17) is 4.74 Å². The van der Waals surface area contributed by atoms with Gasteiger partial charge in [0.05, 0.1) is 24.6 Å². The lowest BCUT2D eigenvalue weighted by atomic mass is 9.89. The van der Waals surface area contributed by atoms with Crippen molar-refractivity contribution in [2.75, 3.05) is 26.7 Å². The third kappa shape index (κ3) is 4.26.